The number of cyclic esters (lactones) is 1. The van der Waals surface area contributed by atoms with Gasteiger partial charge in [0, 0.05) is 17.1 Å². The highest BCUT2D eigenvalue weighted by molar-refractivity contribution is 5.95. The van der Waals surface area contributed by atoms with E-state index < -0.39 is 18.1 Å². The van der Waals surface area contributed by atoms with Crippen molar-refractivity contribution < 1.29 is 14.3 Å². The van der Waals surface area contributed by atoms with Crippen molar-refractivity contribution >= 4 is 22.9 Å². The summed E-state index contributed by atoms with van der Waals surface area (Å²) in [6.45, 7) is 6.04. The maximum Gasteiger partial charge on any atom is 0.417 e. The fraction of sp³-hybridized carbons (Fsp3) is 0.250. The molecule has 1 saturated heterocycles. The number of allylic oxidation sites excluding steroid dienone is 1. The molecule has 0 aliphatic carbocycles. The van der Waals surface area contributed by atoms with Crippen molar-refractivity contribution in [3.8, 4) is 0 Å². The Morgan fingerprint density at radius 1 is 1.28 bits per heavy atom. The molecule has 0 radical (unpaired) electrons. The Morgan fingerprint density at radius 3 is 2.83 bits per heavy atom. The second kappa shape index (κ2) is 7.95. The smallest absolute Gasteiger partial charge is 0.417 e. The van der Waals surface area contributed by atoms with Gasteiger partial charge < -0.3 is 9.72 Å². The molecule has 29 heavy (non-hydrogen) atoms. The summed E-state index contributed by atoms with van der Waals surface area (Å²) >= 11 is 0. The Labute approximate surface area is 170 Å². The summed E-state index contributed by atoms with van der Waals surface area (Å²) in [5.41, 5.74) is 4.09. The molecule has 3 aromatic rings. The first kappa shape index (κ1) is 19.0. The Kier molecular flexibility index (Phi) is 5.21. The molecule has 1 aromatic heterocycles. The number of nitrogens with one attached hydrogen (secondary N) is 1. The molecule has 0 bridgehead atoms. The second-order valence-electron chi connectivity index (χ2n) is 7.52. The fourth-order valence-electron chi connectivity index (χ4n) is 3.94. The molecular weight excluding hydrogens is 364 g/mol. The number of rotatable bonds is 6. The fourth-order valence-corrected chi connectivity index (χ4v) is 3.94. The number of H-pyrrole nitrogens is 1. The van der Waals surface area contributed by atoms with Crippen LogP contribution >= 0.6 is 0 Å². The monoisotopic (exact) mass is 388 g/mol. The molecule has 0 spiro atoms. The van der Waals surface area contributed by atoms with Crippen LogP contribution in [0.1, 0.15) is 29.3 Å². The highest BCUT2D eigenvalue weighted by Crippen LogP contribution is 2.31. The van der Waals surface area contributed by atoms with Crippen LogP contribution in [0.2, 0.25) is 0 Å². The van der Waals surface area contributed by atoms with Gasteiger partial charge in [0.25, 0.3) is 0 Å². The van der Waals surface area contributed by atoms with E-state index in [0.29, 0.717) is 12.8 Å². The SMILES string of the molecule is C=CC[C@@H](Cc1cc2cc(C)ccc2[nH]1)C(=O)N1C(=O)OC[C@@H]1c1ccccc1. The zero-order valence-electron chi connectivity index (χ0n) is 16.4. The first-order valence-electron chi connectivity index (χ1n) is 9.80. The van der Waals surface area contributed by atoms with Gasteiger partial charge in [-0.15, -0.1) is 6.58 Å². The summed E-state index contributed by atoms with van der Waals surface area (Å²) in [5, 5.41) is 1.12. The number of carbonyl (C=O) groups is 2. The van der Waals surface area contributed by atoms with Gasteiger partial charge in [0.2, 0.25) is 5.91 Å². The summed E-state index contributed by atoms with van der Waals surface area (Å²) in [7, 11) is 0. The molecule has 1 fully saturated rings. The van der Waals surface area contributed by atoms with E-state index in [4.69, 9.17) is 4.74 Å². The quantitative estimate of drug-likeness (QED) is 0.609. The number of fused-ring (bicyclic) bond motifs is 1. The molecule has 1 N–H and O–H groups in total. The Bertz CT molecular complexity index is 1050. The maximum absolute atomic E-state index is 13.4. The van der Waals surface area contributed by atoms with Crippen LogP contribution in [0.25, 0.3) is 10.9 Å². The first-order chi connectivity index (χ1) is 14.1. The van der Waals surface area contributed by atoms with Crippen LogP contribution in [0.4, 0.5) is 4.79 Å². The van der Waals surface area contributed by atoms with E-state index in [0.717, 1.165) is 22.2 Å². The number of hydrogen-bond donors (Lipinski definition) is 1. The van der Waals surface area contributed by atoms with Gasteiger partial charge >= 0.3 is 6.09 Å². The molecule has 2 aromatic carbocycles. The van der Waals surface area contributed by atoms with Crippen LogP contribution in [0.3, 0.4) is 0 Å². The van der Waals surface area contributed by atoms with E-state index in [-0.39, 0.29) is 12.5 Å². The van der Waals surface area contributed by atoms with Gasteiger partial charge in [-0.2, -0.15) is 0 Å². The van der Waals surface area contributed by atoms with Crippen molar-refractivity contribution in [2.75, 3.05) is 6.61 Å². The van der Waals surface area contributed by atoms with Crippen molar-refractivity contribution in [1.82, 2.24) is 9.88 Å². The molecule has 2 atom stereocenters. The molecule has 0 saturated carbocycles. The summed E-state index contributed by atoms with van der Waals surface area (Å²) in [6, 6.07) is 17.4. The number of benzene rings is 2. The lowest BCUT2D eigenvalue weighted by Crippen LogP contribution is -2.39. The molecule has 2 amide bonds. The van der Waals surface area contributed by atoms with Gasteiger partial charge in [-0.25, -0.2) is 9.69 Å². The highest BCUT2D eigenvalue weighted by atomic mass is 16.6. The number of amides is 2. The normalized spacial score (nSPS) is 17.3. The number of ether oxygens (including phenoxy) is 1. The van der Waals surface area contributed by atoms with Crippen LogP contribution in [-0.2, 0) is 16.0 Å². The molecule has 2 heterocycles. The van der Waals surface area contributed by atoms with Crippen LogP contribution in [0.5, 0.6) is 0 Å². The van der Waals surface area contributed by atoms with Crippen LogP contribution < -0.4 is 0 Å². The lowest BCUT2D eigenvalue weighted by atomic mass is 9.96. The minimum Gasteiger partial charge on any atom is -0.446 e. The molecule has 1 aliphatic heterocycles. The summed E-state index contributed by atoms with van der Waals surface area (Å²) < 4.78 is 5.23. The molecular formula is C24H24N2O3. The lowest BCUT2D eigenvalue weighted by molar-refractivity contribution is -0.133. The van der Waals surface area contributed by atoms with Gasteiger partial charge in [0.15, 0.2) is 0 Å². The Balaban J connectivity index is 1.60. The molecule has 1 aliphatic rings. The van der Waals surface area contributed by atoms with Gasteiger partial charge in [0.05, 0.1) is 0 Å². The zero-order chi connectivity index (χ0) is 20.4. The van der Waals surface area contributed by atoms with E-state index in [9.17, 15) is 9.59 Å². The topological polar surface area (TPSA) is 62.4 Å². The summed E-state index contributed by atoms with van der Waals surface area (Å²) in [6.07, 6.45) is 2.14. The molecule has 5 nitrogen and oxygen atoms in total. The van der Waals surface area contributed by atoms with E-state index in [2.05, 4.69) is 36.7 Å². The van der Waals surface area contributed by atoms with Crippen LogP contribution in [-0.4, -0.2) is 28.5 Å². The second-order valence-corrected chi connectivity index (χ2v) is 7.52. The Morgan fingerprint density at radius 2 is 2.07 bits per heavy atom. The third-order valence-electron chi connectivity index (χ3n) is 5.39. The zero-order valence-corrected chi connectivity index (χ0v) is 16.4. The number of aromatic nitrogens is 1. The van der Waals surface area contributed by atoms with Crippen molar-refractivity contribution in [3.05, 3.63) is 84.1 Å². The van der Waals surface area contributed by atoms with Crippen LogP contribution in [0.15, 0.2) is 67.3 Å². The third kappa shape index (κ3) is 3.81. The summed E-state index contributed by atoms with van der Waals surface area (Å²) in [4.78, 5) is 30.4. The minimum atomic E-state index is -0.579. The maximum atomic E-state index is 13.4. The van der Waals surface area contributed by atoms with Gasteiger partial charge in [-0.05, 0) is 48.9 Å². The number of aromatic amines is 1. The van der Waals surface area contributed by atoms with Crippen molar-refractivity contribution in [1.29, 1.82) is 0 Å². The number of nitrogens with zero attached hydrogens (tertiary/aromatic N) is 1. The van der Waals surface area contributed by atoms with Gasteiger partial charge in [-0.1, -0.05) is 48.0 Å². The first-order valence-corrected chi connectivity index (χ1v) is 9.80. The predicted octanol–water partition coefficient (Wildman–Crippen LogP) is 4.93. The number of aryl methyl sites for hydroxylation is 1. The molecule has 0 unspecified atom stereocenters. The predicted molar refractivity (Wildman–Crippen MR) is 112 cm³/mol. The van der Waals surface area contributed by atoms with Crippen molar-refractivity contribution in [3.63, 3.8) is 0 Å². The van der Waals surface area contributed by atoms with Crippen LogP contribution in [0, 0.1) is 12.8 Å². The van der Waals surface area contributed by atoms with E-state index in [1.54, 1.807) is 6.08 Å². The van der Waals surface area contributed by atoms with E-state index in [1.807, 2.05) is 36.4 Å². The average molecular weight is 388 g/mol. The summed E-state index contributed by atoms with van der Waals surface area (Å²) in [5.74, 6) is -0.616. The van der Waals surface area contributed by atoms with Crippen molar-refractivity contribution in [2.24, 2.45) is 5.92 Å². The average Bonchev–Trinajstić information content (AvgIpc) is 3.30. The van der Waals surface area contributed by atoms with Gasteiger partial charge in [0.1, 0.15) is 12.6 Å². The molecule has 4 rings (SSSR count). The number of carbonyl (C=O) groups excluding carboxylic acids is 2. The Hall–Kier alpha value is -3.34. The van der Waals surface area contributed by atoms with Crippen molar-refractivity contribution in [2.45, 2.75) is 25.8 Å². The largest absolute Gasteiger partial charge is 0.446 e. The third-order valence-corrected chi connectivity index (χ3v) is 5.39. The molecule has 5 heteroatoms. The number of imide groups is 1. The lowest BCUT2D eigenvalue weighted by Gasteiger charge is -2.24. The van der Waals surface area contributed by atoms with Gasteiger partial charge in [-0.3, -0.25) is 4.79 Å². The minimum absolute atomic E-state index is 0.182. The molecule has 148 valence electrons. The number of hydrogen-bond acceptors (Lipinski definition) is 3. The van der Waals surface area contributed by atoms with E-state index in [1.165, 1.54) is 10.5 Å². The highest BCUT2D eigenvalue weighted by Gasteiger charge is 2.41. The van der Waals surface area contributed by atoms with E-state index >= 15 is 0 Å². The standard InChI is InChI=1S/C24H24N2O3/c1-3-7-18(13-20-14-19-12-16(2)10-11-21(19)25-20)23(27)26-22(15-29-24(26)28)17-8-5-4-6-9-17/h3-6,8-12,14,18,22,25H,1,7,13,15H2,2H3/t18-,22+/m0/s1.